The van der Waals surface area contributed by atoms with Crippen LogP contribution in [-0.4, -0.2) is 35.7 Å². The molecule has 0 bridgehead atoms. The van der Waals surface area contributed by atoms with Gasteiger partial charge in [-0.1, -0.05) is 0 Å². The SMILES string of the molecule is CC(C)n1cc(CNC2CCCS(=O)(=O)C2)cn1. The molecular weight excluding hydrogens is 250 g/mol. The number of rotatable bonds is 4. The van der Waals surface area contributed by atoms with Crippen molar-refractivity contribution in [3.8, 4) is 0 Å². The average molecular weight is 271 g/mol. The molecule has 6 heteroatoms. The highest BCUT2D eigenvalue weighted by atomic mass is 32.2. The molecule has 0 amide bonds. The Labute approximate surface area is 108 Å². The van der Waals surface area contributed by atoms with E-state index in [9.17, 15) is 8.42 Å². The van der Waals surface area contributed by atoms with E-state index in [2.05, 4.69) is 24.3 Å². The van der Waals surface area contributed by atoms with E-state index in [-0.39, 0.29) is 11.8 Å². The maximum absolute atomic E-state index is 11.5. The van der Waals surface area contributed by atoms with Gasteiger partial charge in [0, 0.05) is 30.4 Å². The van der Waals surface area contributed by atoms with E-state index in [1.54, 1.807) is 0 Å². The number of hydrogen-bond acceptors (Lipinski definition) is 4. The zero-order valence-corrected chi connectivity index (χ0v) is 11.8. The van der Waals surface area contributed by atoms with Crippen LogP contribution in [0.15, 0.2) is 12.4 Å². The van der Waals surface area contributed by atoms with Gasteiger partial charge in [-0.25, -0.2) is 8.42 Å². The van der Waals surface area contributed by atoms with Crippen LogP contribution < -0.4 is 5.32 Å². The smallest absolute Gasteiger partial charge is 0.151 e. The molecule has 2 heterocycles. The molecule has 1 N–H and O–H groups in total. The number of hydrogen-bond donors (Lipinski definition) is 1. The molecule has 0 radical (unpaired) electrons. The fourth-order valence-electron chi connectivity index (χ4n) is 2.20. The molecule has 18 heavy (non-hydrogen) atoms. The van der Waals surface area contributed by atoms with E-state index in [4.69, 9.17) is 0 Å². The van der Waals surface area contributed by atoms with Crippen molar-refractivity contribution in [2.45, 2.75) is 45.3 Å². The summed E-state index contributed by atoms with van der Waals surface area (Å²) in [6, 6.07) is 0.444. The van der Waals surface area contributed by atoms with Crippen molar-refractivity contribution in [3.63, 3.8) is 0 Å². The maximum atomic E-state index is 11.5. The third-order valence-corrected chi connectivity index (χ3v) is 5.06. The van der Waals surface area contributed by atoms with Gasteiger partial charge < -0.3 is 5.32 Å². The summed E-state index contributed by atoms with van der Waals surface area (Å²) in [5.74, 6) is 0.613. The second kappa shape index (κ2) is 5.40. The topological polar surface area (TPSA) is 64.0 Å². The Balaban J connectivity index is 1.87. The third-order valence-electron chi connectivity index (χ3n) is 3.24. The molecular formula is C12H21N3O2S. The highest BCUT2D eigenvalue weighted by Crippen LogP contribution is 2.13. The standard InChI is InChI=1S/C12H21N3O2S/c1-10(2)15-8-11(7-14-15)6-13-12-4-3-5-18(16,17)9-12/h7-8,10,12-13H,3-6,9H2,1-2H3. The maximum Gasteiger partial charge on any atom is 0.151 e. The van der Waals surface area contributed by atoms with Crippen molar-refractivity contribution in [3.05, 3.63) is 18.0 Å². The summed E-state index contributed by atoms with van der Waals surface area (Å²) in [7, 11) is -2.83. The van der Waals surface area contributed by atoms with Crippen LogP contribution in [-0.2, 0) is 16.4 Å². The number of nitrogens with one attached hydrogen (secondary N) is 1. The zero-order chi connectivity index (χ0) is 13.2. The first-order valence-corrected chi connectivity index (χ1v) is 8.25. The normalized spacial score (nSPS) is 23.4. The second-order valence-electron chi connectivity index (χ2n) is 5.26. The van der Waals surface area contributed by atoms with Crippen LogP contribution in [0.2, 0.25) is 0 Å². The molecule has 2 rings (SSSR count). The molecule has 1 aromatic heterocycles. The Morgan fingerprint density at radius 1 is 1.56 bits per heavy atom. The van der Waals surface area contributed by atoms with E-state index >= 15 is 0 Å². The van der Waals surface area contributed by atoms with Crippen LogP contribution in [0.5, 0.6) is 0 Å². The van der Waals surface area contributed by atoms with Gasteiger partial charge in [0.25, 0.3) is 0 Å². The predicted octanol–water partition coefficient (Wildman–Crippen LogP) is 1.13. The molecule has 5 nitrogen and oxygen atoms in total. The zero-order valence-electron chi connectivity index (χ0n) is 11.0. The van der Waals surface area contributed by atoms with Gasteiger partial charge in [-0.2, -0.15) is 5.10 Å². The van der Waals surface area contributed by atoms with Crippen LogP contribution in [0.3, 0.4) is 0 Å². The van der Waals surface area contributed by atoms with Crippen molar-refractivity contribution >= 4 is 9.84 Å². The first-order chi connectivity index (χ1) is 8.46. The Kier molecular flexibility index (Phi) is 4.07. The highest BCUT2D eigenvalue weighted by molar-refractivity contribution is 7.91. The van der Waals surface area contributed by atoms with Gasteiger partial charge in [0.2, 0.25) is 0 Å². The van der Waals surface area contributed by atoms with Gasteiger partial charge in [-0.3, -0.25) is 4.68 Å². The van der Waals surface area contributed by atoms with E-state index in [0.29, 0.717) is 18.3 Å². The fraction of sp³-hybridized carbons (Fsp3) is 0.750. The van der Waals surface area contributed by atoms with Gasteiger partial charge in [-0.15, -0.1) is 0 Å². The first-order valence-electron chi connectivity index (χ1n) is 6.43. The van der Waals surface area contributed by atoms with E-state index in [1.807, 2.05) is 17.1 Å². The summed E-state index contributed by atoms with van der Waals surface area (Å²) in [5.41, 5.74) is 1.10. The third kappa shape index (κ3) is 3.55. The molecule has 1 saturated heterocycles. The van der Waals surface area contributed by atoms with Gasteiger partial charge in [0.05, 0.1) is 17.7 Å². The van der Waals surface area contributed by atoms with Gasteiger partial charge in [0.15, 0.2) is 9.84 Å². The molecule has 0 aliphatic carbocycles. The molecule has 1 atom stereocenters. The molecule has 1 unspecified atom stereocenters. The van der Waals surface area contributed by atoms with Crippen molar-refractivity contribution < 1.29 is 8.42 Å². The lowest BCUT2D eigenvalue weighted by atomic mass is 10.2. The first kappa shape index (κ1) is 13.5. The number of sulfone groups is 1. The highest BCUT2D eigenvalue weighted by Gasteiger charge is 2.24. The Morgan fingerprint density at radius 3 is 2.94 bits per heavy atom. The summed E-state index contributed by atoms with van der Waals surface area (Å²) in [4.78, 5) is 0. The van der Waals surface area contributed by atoms with Crippen LogP contribution in [0.25, 0.3) is 0 Å². The van der Waals surface area contributed by atoms with Crippen molar-refractivity contribution in [2.24, 2.45) is 0 Å². The average Bonchev–Trinajstić information content (AvgIpc) is 2.74. The van der Waals surface area contributed by atoms with E-state index in [1.165, 1.54) is 0 Å². The van der Waals surface area contributed by atoms with Crippen molar-refractivity contribution in [1.82, 2.24) is 15.1 Å². The fourth-order valence-corrected chi connectivity index (χ4v) is 3.87. The van der Waals surface area contributed by atoms with E-state index in [0.717, 1.165) is 18.4 Å². The van der Waals surface area contributed by atoms with Gasteiger partial charge in [-0.05, 0) is 26.7 Å². The second-order valence-corrected chi connectivity index (χ2v) is 7.49. The van der Waals surface area contributed by atoms with Gasteiger partial charge in [0.1, 0.15) is 0 Å². The Morgan fingerprint density at radius 2 is 2.33 bits per heavy atom. The number of nitrogens with zero attached hydrogens (tertiary/aromatic N) is 2. The lowest BCUT2D eigenvalue weighted by Crippen LogP contribution is -2.39. The van der Waals surface area contributed by atoms with Crippen molar-refractivity contribution in [1.29, 1.82) is 0 Å². The quantitative estimate of drug-likeness (QED) is 0.891. The van der Waals surface area contributed by atoms with Gasteiger partial charge >= 0.3 is 0 Å². The predicted molar refractivity (Wildman–Crippen MR) is 71.1 cm³/mol. The Bertz CT molecular complexity index is 493. The van der Waals surface area contributed by atoms with Crippen LogP contribution >= 0.6 is 0 Å². The summed E-state index contributed by atoms with van der Waals surface area (Å²) in [6.07, 6.45) is 5.56. The summed E-state index contributed by atoms with van der Waals surface area (Å²) < 4.78 is 24.9. The lowest BCUT2D eigenvalue weighted by Gasteiger charge is -2.22. The largest absolute Gasteiger partial charge is 0.309 e. The molecule has 0 aromatic carbocycles. The van der Waals surface area contributed by atoms with Crippen LogP contribution in [0.1, 0.15) is 38.3 Å². The summed E-state index contributed by atoms with van der Waals surface area (Å²) in [6.45, 7) is 4.85. The summed E-state index contributed by atoms with van der Waals surface area (Å²) >= 11 is 0. The molecule has 1 fully saturated rings. The lowest BCUT2D eigenvalue weighted by molar-refractivity contribution is 0.479. The molecule has 1 aromatic rings. The van der Waals surface area contributed by atoms with E-state index < -0.39 is 9.84 Å². The summed E-state index contributed by atoms with van der Waals surface area (Å²) in [5, 5.41) is 7.58. The number of aromatic nitrogens is 2. The van der Waals surface area contributed by atoms with Crippen molar-refractivity contribution in [2.75, 3.05) is 11.5 Å². The Hall–Kier alpha value is -0.880. The minimum Gasteiger partial charge on any atom is -0.309 e. The monoisotopic (exact) mass is 271 g/mol. The molecule has 102 valence electrons. The van der Waals surface area contributed by atoms with Crippen LogP contribution in [0.4, 0.5) is 0 Å². The molecule has 0 spiro atoms. The minimum absolute atomic E-state index is 0.0890. The molecule has 0 saturated carbocycles. The minimum atomic E-state index is -2.83. The van der Waals surface area contributed by atoms with Crippen LogP contribution in [0, 0.1) is 0 Å². The molecule has 1 aliphatic rings. The molecule has 1 aliphatic heterocycles.